The Labute approximate surface area is 94.4 Å². The van der Waals surface area contributed by atoms with Crippen LogP contribution in [0.2, 0.25) is 0 Å². The number of β-amino-alcohol motifs (C(OH)–C–C–N with tert-alkyl or cyclic N) is 1. The summed E-state index contributed by atoms with van der Waals surface area (Å²) in [6.45, 7) is 4.16. The average Bonchev–Trinajstić information content (AvgIpc) is 2.88. The number of likely N-dealkylation sites (tertiary alicyclic amines) is 1. The van der Waals surface area contributed by atoms with E-state index in [-0.39, 0.29) is 0 Å². The monoisotopic (exact) mass is 223 g/mol. The van der Waals surface area contributed by atoms with E-state index in [1.165, 1.54) is 12.8 Å². The minimum absolute atomic E-state index is 0.517. The highest BCUT2D eigenvalue weighted by Crippen LogP contribution is 2.38. The molecular weight excluding hydrogens is 206 g/mol. The molecule has 1 N–H and O–H groups in total. The largest absolute Gasteiger partial charge is 0.389 e. The molecule has 5 nitrogen and oxygen atoms in total. The molecule has 16 heavy (non-hydrogen) atoms. The summed E-state index contributed by atoms with van der Waals surface area (Å²) in [6.07, 6.45) is 3.18. The highest BCUT2D eigenvalue weighted by atomic mass is 16.5. The lowest BCUT2D eigenvalue weighted by Crippen LogP contribution is -2.29. The molecule has 1 aliphatic carbocycles. The lowest BCUT2D eigenvalue weighted by atomic mass is 10.1. The van der Waals surface area contributed by atoms with Gasteiger partial charge < -0.3 is 9.63 Å². The minimum Gasteiger partial charge on any atom is -0.389 e. The quantitative estimate of drug-likeness (QED) is 0.825. The molecule has 2 aliphatic rings. The lowest BCUT2D eigenvalue weighted by Gasteiger charge is -2.16. The number of nitrogens with zero attached hydrogens (tertiary/aromatic N) is 3. The molecule has 88 valence electrons. The Hall–Kier alpha value is -0.940. The molecule has 0 bridgehead atoms. The van der Waals surface area contributed by atoms with Crippen LogP contribution in [-0.2, 0) is 6.54 Å². The first-order chi connectivity index (χ1) is 7.62. The van der Waals surface area contributed by atoms with Crippen molar-refractivity contribution in [1.29, 1.82) is 0 Å². The topological polar surface area (TPSA) is 62.4 Å². The number of rotatable bonds is 3. The van der Waals surface area contributed by atoms with Gasteiger partial charge in [0.1, 0.15) is 0 Å². The second-order valence-corrected chi connectivity index (χ2v) is 5.28. The van der Waals surface area contributed by atoms with Gasteiger partial charge in [0, 0.05) is 19.0 Å². The van der Waals surface area contributed by atoms with Gasteiger partial charge in [0.25, 0.3) is 0 Å². The Bertz CT molecular complexity index is 384. The first-order valence-electron chi connectivity index (χ1n) is 5.90. The van der Waals surface area contributed by atoms with Gasteiger partial charge in [-0.15, -0.1) is 0 Å². The van der Waals surface area contributed by atoms with E-state index < -0.39 is 5.60 Å². The molecule has 3 rings (SSSR count). The molecule has 2 heterocycles. The minimum atomic E-state index is -0.553. The molecule has 1 aliphatic heterocycles. The SMILES string of the molecule is CC1(O)CCN(Cc2noc(C3CC3)n2)C1. The van der Waals surface area contributed by atoms with Crippen LogP contribution < -0.4 is 0 Å². The van der Waals surface area contributed by atoms with Crippen molar-refractivity contribution >= 4 is 0 Å². The summed E-state index contributed by atoms with van der Waals surface area (Å²) in [5.74, 6) is 2.06. The van der Waals surface area contributed by atoms with Crippen LogP contribution >= 0.6 is 0 Å². The molecule has 0 amide bonds. The van der Waals surface area contributed by atoms with Gasteiger partial charge in [-0.1, -0.05) is 5.16 Å². The smallest absolute Gasteiger partial charge is 0.229 e. The van der Waals surface area contributed by atoms with Gasteiger partial charge in [0.15, 0.2) is 5.82 Å². The zero-order valence-corrected chi connectivity index (χ0v) is 9.52. The molecule has 1 saturated carbocycles. The zero-order chi connectivity index (χ0) is 11.2. The summed E-state index contributed by atoms with van der Waals surface area (Å²) in [5, 5.41) is 13.8. The summed E-state index contributed by atoms with van der Waals surface area (Å²) in [4.78, 5) is 6.55. The fourth-order valence-electron chi connectivity index (χ4n) is 2.20. The molecule has 0 aromatic carbocycles. The molecule has 1 aromatic rings. The van der Waals surface area contributed by atoms with Crippen LogP contribution in [0.5, 0.6) is 0 Å². The molecule has 0 spiro atoms. The van der Waals surface area contributed by atoms with E-state index in [9.17, 15) is 5.11 Å². The third-order valence-corrected chi connectivity index (χ3v) is 3.31. The van der Waals surface area contributed by atoms with Gasteiger partial charge in [-0.05, 0) is 26.2 Å². The first kappa shape index (κ1) is 10.2. The van der Waals surface area contributed by atoms with Crippen LogP contribution in [0.25, 0.3) is 0 Å². The third-order valence-electron chi connectivity index (χ3n) is 3.31. The molecule has 5 heteroatoms. The van der Waals surface area contributed by atoms with Crippen LogP contribution in [0.4, 0.5) is 0 Å². The number of hydrogen-bond donors (Lipinski definition) is 1. The molecule has 1 atom stereocenters. The van der Waals surface area contributed by atoms with E-state index in [4.69, 9.17) is 4.52 Å². The van der Waals surface area contributed by atoms with Crippen molar-refractivity contribution in [2.24, 2.45) is 0 Å². The molecule has 2 fully saturated rings. The zero-order valence-electron chi connectivity index (χ0n) is 9.52. The van der Waals surface area contributed by atoms with Crippen LogP contribution in [0.1, 0.15) is 43.8 Å². The highest BCUT2D eigenvalue weighted by molar-refractivity contribution is 5.02. The molecule has 1 saturated heterocycles. The van der Waals surface area contributed by atoms with E-state index in [0.29, 0.717) is 19.0 Å². The number of aromatic nitrogens is 2. The maximum Gasteiger partial charge on any atom is 0.229 e. The first-order valence-corrected chi connectivity index (χ1v) is 5.90. The highest BCUT2D eigenvalue weighted by Gasteiger charge is 2.33. The summed E-state index contributed by atoms with van der Waals surface area (Å²) >= 11 is 0. The summed E-state index contributed by atoms with van der Waals surface area (Å²) < 4.78 is 5.20. The lowest BCUT2D eigenvalue weighted by molar-refractivity contribution is 0.0675. The van der Waals surface area contributed by atoms with Crippen molar-refractivity contribution in [3.8, 4) is 0 Å². The Kier molecular flexibility index (Phi) is 2.26. The van der Waals surface area contributed by atoms with Gasteiger partial charge in [-0.3, -0.25) is 4.90 Å². The van der Waals surface area contributed by atoms with Crippen molar-refractivity contribution in [2.45, 2.75) is 44.2 Å². The molecule has 1 aromatic heterocycles. The van der Waals surface area contributed by atoms with E-state index in [2.05, 4.69) is 15.0 Å². The second kappa shape index (κ2) is 3.53. The van der Waals surface area contributed by atoms with Gasteiger partial charge in [-0.25, -0.2) is 0 Å². The number of aliphatic hydroxyl groups is 1. The second-order valence-electron chi connectivity index (χ2n) is 5.28. The summed E-state index contributed by atoms with van der Waals surface area (Å²) in [7, 11) is 0. The Balaban J connectivity index is 1.61. The summed E-state index contributed by atoms with van der Waals surface area (Å²) in [5.41, 5.74) is -0.553. The fourth-order valence-corrected chi connectivity index (χ4v) is 2.20. The molecule has 1 unspecified atom stereocenters. The van der Waals surface area contributed by atoms with Crippen LogP contribution in [-0.4, -0.2) is 38.8 Å². The van der Waals surface area contributed by atoms with Gasteiger partial charge in [0.2, 0.25) is 5.89 Å². The van der Waals surface area contributed by atoms with Crippen LogP contribution in [0.15, 0.2) is 4.52 Å². The van der Waals surface area contributed by atoms with Crippen LogP contribution in [0, 0.1) is 0 Å². The normalized spacial score (nSPS) is 31.1. The Morgan fingerprint density at radius 1 is 1.56 bits per heavy atom. The van der Waals surface area contributed by atoms with Crippen molar-refractivity contribution in [1.82, 2.24) is 15.0 Å². The van der Waals surface area contributed by atoms with Crippen molar-refractivity contribution in [2.75, 3.05) is 13.1 Å². The van der Waals surface area contributed by atoms with Crippen molar-refractivity contribution in [3.63, 3.8) is 0 Å². The maximum absolute atomic E-state index is 9.84. The van der Waals surface area contributed by atoms with Crippen LogP contribution in [0.3, 0.4) is 0 Å². The van der Waals surface area contributed by atoms with Gasteiger partial charge in [0.05, 0.1) is 12.1 Å². The van der Waals surface area contributed by atoms with Crippen molar-refractivity contribution < 1.29 is 9.63 Å². The molecular formula is C11H17N3O2. The predicted octanol–water partition coefficient (Wildman–Crippen LogP) is 0.904. The maximum atomic E-state index is 9.84. The third kappa shape index (κ3) is 2.10. The van der Waals surface area contributed by atoms with Gasteiger partial charge in [-0.2, -0.15) is 4.98 Å². The van der Waals surface area contributed by atoms with Crippen molar-refractivity contribution in [3.05, 3.63) is 11.7 Å². The Morgan fingerprint density at radius 2 is 2.38 bits per heavy atom. The predicted molar refractivity (Wildman–Crippen MR) is 56.8 cm³/mol. The Morgan fingerprint density at radius 3 is 3.00 bits per heavy atom. The van der Waals surface area contributed by atoms with E-state index in [0.717, 1.165) is 24.7 Å². The molecule has 0 radical (unpaired) electrons. The van der Waals surface area contributed by atoms with Gasteiger partial charge >= 0.3 is 0 Å². The van der Waals surface area contributed by atoms with E-state index in [1.807, 2.05) is 6.92 Å². The van der Waals surface area contributed by atoms with E-state index >= 15 is 0 Å². The van der Waals surface area contributed by atoms with E-state index in [1.54, 1.807) is 0 Å². The number of hydrogen-bond acceptors (Lipinski definition) is 5. The standard InChI is InChI=1S/C11H17N3O2/c1-11(15)4-5-14(7-11)6-9-12-10(16-13-9)8-2-3-8/h8,15H,2-7H2,1H3. The summed E-state index contributed by atoms with van der Waals surface area (Å²) in [6, 6.07) is 0. The average molecular weight is 223 g/mol. The fraction of sp³-hybridized carbons (Fsp3) is 0.818.